The van der Waals surface area contributed by atoms with Crippen molar-refractivity contribution in [3.8, 4) is 0 Å². The van der Waals surface area contributed by atoms with Gasteiger partial charge in [0.25, 0.3) is 0 Å². The molecule has 0 fully saturated rings. The molecule has 0 aliphatic carbocycles. The van der Waals surface area contributed by atoms with Crippen LogP contribution >= 0.6 is 11.6 Å². The van der Waals surface area contributed by atoms with Crippen LogP contribution in [0, 0.1) is 6.92 Å². The number of aromatic nitrogens is 3. The molecular weight excluding hydrogens is 276 g/mol. The van der Waals surface area contributed by atoms with Gasteiger partial charge in [-0.05, 0) is 26.0 Å². The highest BCUT2D eigenvalue weighted by Gasteiger charge is 2.23. The van der Waals surface area contributed by atoms with E-state index in [1.54, 1.807) is 19.0 Å². The van der Waals surface area contributed by atoms with E-state index < -0.39 is 0 Å². The predicted octanol–water partition coefficient (Wildman–Crippen LogP) is 2.17. The summed E-state index contributed by atoms with van der Waals surface area (Å²) in [6, 6.07) is 3.50. The van der Waals surface area contributed by atoms with E-state index in [0.717, 1.165) is 22.7 Å². The molecule has 6 heteroatoms. The minimum absolute atomic E-state index is 0.0171. The summed E-state index contributed by atoms with van der Waals surface area (Å²) in [7, 11) is 3.50. The molecule has 1 atom stereocenters. The first-order chi connectivity index (χ1) is 9.45. The highest BCUT2D eigenvalue weighted by atomic mass is 35.5. The molecule has 0 radical (unpaired) electrons. The number of nitrogens with zero attached hydrogens (tertiary/aromatic N) is 4. The number of aryl methyl sites for hydroxylation is 2. The molecule has 0 spiro atoms. The van der Waals surface area contributed by atoms with Crippen molar-refractivity contribution in [1.29, 1.82) is 0 Å². The minimum Gasteiger partial charge on any atom is -0.347 e. The number of likely N-dealkylation sites (N-methyl/N-ethyl adjacent to an activating group) is 1. The maximum Gasteiger partial charge on any atom is 0.244 e. The van der Waals surface area contributed by atoms with Crippen LogP contribution in [-0.2, 0) is 11.2 Å². The fourth-order valence-corrected chi connectivity index (χ4v) is 2.44. The Morgan fingerprint density at radius 3 is 2.70 bits per heavy atom. The van der Waals surface area contributed by atoms with Crippen molar-refractivity contribution >= 4 is 28.7 Å². The number of carbonyl (C=O) groups excluding carboxylic acids is 1. The van der Waals surface area contributed by atoms with E-state index >= 15 is 0 Å². The molecule has 0 saturated carbocycles. The van der Waals surface area contributed by atoms with Crippen LogP contribution in [0.2, 0.25) is 0 Å². The van der Waals surface area contributed by atoms with E-state index in [0.29, 0.717) is 12.3 Å². The van der Waals surface area contributed by atoms with Gasteiger partial charge in [0.2, 0.25) is 5.91 Å². The number of fused-ring (bicyclic) bond motifs is 1. The molecule has 1 unspecified atom stereocenters. The van der Waals surface area contributed by atoms with Crippen LogP contribution in [0.15, 0.2) is 12.1 Å². The number of amides is 1. The molecule has 5 nitrogen and oxygen atoms in total. The summed E-state index contributed by atoms with van der Waals surface area (Å²) in [6.07, 6.45) is 0.613. The van der Waals surface area contributed by atoms with Gasteiger partial charge in [-0.15, -0.1) is 11.6 Å². The minimum atomic E-state index is -0.345. The lowest BCUT2D eigenvalue weighted by molar-refractivity contribution is -0.131. The number of pyridine rings is 1. The first-order valence-corrected chi connectivity index (χ1v) is 7.10. The standard InChI is InChI=1S/C14H19ClN4O/c1-9-5-6-11-13(16-9)19(12(17-11)7-8-15)10(2)14(20)18(3)4/h5-6,10H,7-8H2,1-4H3. The third kappa shape index (κ3) is 2.63. The van der Waals surface area contributed by atoms with E-state index in [9.17, 15) is 4.79 Å². The Morgan fingerprint density at radius 2 is 2.10 bits per heavy atom. The summed E-state index contributed by atoms with van der Waals surface area (Å²) >= 11 is 5.84. The second-order valence-corrected chi connectivity index (χ2v) is 5.42. The third-order valence-electron chi connectivity index (χ3n) is 3.25. The second kappa shape index (κ2) is 5.79. The first kappa shape index (κ1) is 14.8. The lowest BCUT2D eigenvalue weighted by atomic mass is 10.2. The monoisotopic (exact) mass is 294 g/mol. The van der Waals surface area contributed by atoms with Gasteiger partial charge in [-0.1, -0.05) is 0 Å². The Balaban J connectivity index is 2.61. The maximum atomic E-state index is 12.2. The summed E-state index contributed by atoms with van der Waals surface area (Å²) in [5.74, 6) is 1.28. The number of rotatable bonds is 4. The molecule has 0 aliphatic rings. The fourth-order valence-electron chi connectivity index (χ4n) is 2.27. The van der Waals surface area contributed by atoms with Gasteiger partial charge < -0.3 is 9.47 Å². The Kier molecular flexibility index (Phi) is 4.28. The van der Waals surface area contributed by atoms with Crippen LogP contribution in [-0.4, -0.2) is 45.3 Å². The highest BCUT2D eigenvalue weighted by Crippen LogP contribution is 2.22. The maximum absolute atomic E-state index is 12.2. The molecule has 0 aromatic carbocycles. The van der Waals surface area contributed by atoms with E-state index in [-0.39, 0.29) is 11.9 Å². The van der Waals surface area contributed by atoms with Crippen molar-refractivity contribution in [2.75, 3.05) is 20.0 Å². The van der Waals surface area contributed by atoms with Crippen molar-refractivity contribution in [2.45, 2.75) is 26.3 Å². The van der Waals surface area contributed by atoms with E-state index in [2.05, 4.69) is 9.97 Å². The normalized spacial score (nSPS) is 12.7. The zero-order chi connectivity index (χ0) is 14.9. The Bertz CT molecular complexity index is 635. The van der Waals surface area contributed by atoms with Gasteiger partial charge in [0.1, 0.15) is 17.4 Å². The number of imidazole rings is 1. The Hall–Kier alpha value is -1.62. The summed E-state index contributed by atoms with van der Waals surface area (Å²) in [4.78, 5) is 22.9. The number of hydrogen-bond acceptors (Lipinski definition) is 3. The van der Waals surface area contributed by atoms with Crippen molar-refractivity contribution < 1.29 is 4.79 Å². The Morgan fingerprint density at radius 1 is 1.40 bits per heavy atom. The summed E-state index contributed by atoms with van der Waals surface area (Å²) in [5.41, 5.74) is 2.45. The van der Waals surface area contributed by atoms with Gasteiger partial charge in [0.15, 0.2) is 5.65 Å². The molecule has 2 aromatic rings. The van der Waals surface area contributed by atoms with E-state index in [4.69, 9.17) is 11.6 Å². The fraction of sp³-hybridized carbons (Fsp3) is 0.500. The molecule has 2 heterocycles. The summed E-state index contributed by atoms with van der Waals surface area (Å²) in [6.45, 7) is 3.79. The lowest BCUT2D eigenvalue weighted by Crippen LogP contribution is -2.31. The van der Waals surface area contributed by atoms with E-state index in [1.165, 1.54) is 0 Å². The quantitative estimate of drug-likeness (QED) is 0.812. The zero-order valence-electron chi connectivity index (χ0n) is 12.2. The van der Waals surface area contributed by atoms with Gasteiger partial charge in [-0.2, -0.15) is 0 Å². The molecule has 0 bridgehead atoms. The van der Waals surface area contributed by atoms with Crippen molar-refractivity contribution in [1.82, 2.24) is 19.4 Å². The average Bonchev–Trinajstić information content (AvgIpc) is 2.74. The van der Waals surface area contributed by atoms with Crippen LogP contribution in [0.1, 0.15) is 24.5 Å². The largest absolute Gasteiger partial charge is 0.347 e. The van der Waals surface area contributed by atoms with Crippen LogP contribution in [0.3, 0.4) is 0 Å². The van der Waals surface area contributed by atoms with Gasteiger partial charge in [0, 0.05) is 32.1 Å². The zero-order valence-corrected chi connectivity index (χ0v) is 13.0. The summed E-state index contributed by atoms with van der Waals surface area (Å²) < 4.78 is 1.90. The third-order valence-corrected chi connectivity index (χ3v) is 3.44. The number of hydrogen-bond donors (Lipinski definition) is 0. The Labute approximate surface area is 123 Å². The highest BCUT2D eigenvalue weighted by molar-refractivity contribution is 6.17. The molecular formula is C14H19ClN4O. The lowest BCUT2D eigenvalue weighted by Gasteiger charge is -2.20. The van der Waals surface area contributed by atoms with Crippen molar-refractivity contribution in [2.24, 2.45) is 0 Å². The molecule has 108 valence electrons. The van der Waals surface area contributed by atoms with Gasteiger partial charge in [0.05, 0.1) is 0 Å². The molecule has 2 rings (SSSR count). The van der Waals surface area contributed by atoms with Gasteiger partial charge >= 0.3 is 0 Å². The molecule has 20 heavy (non-hydrogen) atoms. The topological polar surface area (TPSA) is 51.0 Å². The van der Waals surface area contributed by atoms with Crippen LogP contribution in [0.25, 0.3) is 11.2 Å². The van der Waals surface area contributed by atoms with Crippen LogP contribution in [0.5, 0.6) is 0 Å². The number of alkyl halides is 1. The predicted molar refractivity (Wildman–Crippen MR) is 80.1 cm³/mol. The number of carbonyl (C=O) groups is 1. The van der Waals surface area contributed by atoms with Crippen molar-refractivity contribution in [3.63, 3.8) is 0 Å². The molecule has 0 aliphatic heterocycles. The van der Waals surface area contributed by atoms with Crippen LogP contribution in [0.4, 0.5) is 0 Å². The second-order valence-electron chi connectivity index (χ2n) is 5.04. The van der Waals surface area contributed by atoms with Gasteiger partial charge in [-0.3, -0.25) is 4.79 Å². The molecule has 0 saturated heterocycles. The first-order valence-electron chi connectivity index (χ1n) is 6.57. The average molecular weight is 295 g/mol. The molecule has 2 aromatic heterocycles. The smallest absolute Gasteiger partial charge is 0.244 e. The van der Waals surface area contributed by atoms with E-state index in [1.807, 2.05) is 30.5 Å². The SMILES string of the molecule is Cc1ccc2nc(CCCl)n(C(C)C(=O)N(C)C)c2n1. The molecule has 1 amide bonds. The van der Waals surface area contributed by atoms with Crippen molar-refractivity contribution in [3.05, 3.63) is 23.7 Å². The molecule has 0 N–H and O–H groups in total. The van der Waals surface area contributed by atoms with Gasteiger partial charge in [-0.25, -0.2) is 9.97 Å². The number of halogens is 1. The summed E-state index contributed by atoms with van der Waals surface area (Å²) in [5, 5.41) is 0. The van der Waals surface area contributed by atoms with Crippen LogP contribution < -0.4 is 0 Å².